The maximum absolute atomic E-state index is 12.2. The second kappa shape index (κ2) is 3.81. The van der Waals surface area contributed by atoms with Gasteiger partial charge in [0.05, 0.1) is 0 Å². The molecule has 1 aromatic rings. The largest absolute Gasteiger partial charge is 0.332 e. The van der Waals surface area contributed by atoms with Crippen molar-refractivity contribution in [2.24, 2.45) is 0 Å². The fraction of sp³-hybridized carbons (Fsp3) is 0.385. The normalized spacial score (nSPS) is 22.8. The number of amides is 1. The minimum Gasteiger partial charge on any atom is -0.332 e. The number of hydrogen-bond acceptors (Lipinski definition) is 2. The molecule has 1 atom stereocenters. The van der Waals surface area contributed by atoms with E-state index in [1.165, 1.54) is 11.1 Å². The number of thiocarbonyl (C=S) groups is 1. The van der Waals surface area contributed by atoms with Crippen LogP contribution >= 0.6 is 12.2 Å². The number of hydrogen-bond donors (Lipinski definition) is 0. The van der Waals surface area contributed by atoms with Gasteiger partial charge in [0.25, 0.3) is 5.91 Å². The molecular weight excluding hydrogens is 232 g/mol. The number of carbonyl (C=O) groups is 1. The van der Waals surface area contributed by atoms with Gasteiger partial charge in [0, 0.05) is 19.5 Å². The highest BCUT2D eigenvalue weighted by molar-refractivity contribution is 7.80. The number of benzene rings is 1. The summed E-state index contributed by atoms with van der Waals surface area (Å²) in [6.07, 6.45) is 0.783. The molecule has 0 bridgehead atoms. The highest BCUT2D eigenvalue weighted by Gasteiger charge is 2.43. The van der Waals surface area contributed by atoms with Crippen LogP contribution in [0.15, 0.2) is 24.3 Å². The first kappa shape index (κ1) is 10.7. The molecule has 0 radical (unpaired) electrons. The Kier molecular flexibility index (Phi) is 2.40. The van der Waals surface area contributed by atoms with Crippen molar-refractivity contribution in [2.75, 3.05) is 6.54 Å². The van der Waals surface area contributed by atoms with Crippen LogP contribution in [-0.2, 0) is 17.8 Å². The molecule has 2 aliphatic rings. The molecule has 2 heterocycles. The number of likely N-dealkylation sites (N-methyl/N-ethyl adjacent to an activating group) is 1. The molecule has 0 N–H and O–H groups in total. The highest BCUT2D eigenvalue weighted by Crippen LogP contribution is 2.29. The van der Waals surface area contributed by atoms with Gasteiger partial charge in [-0.2, -0.15) is 0 Å². The van der Waals surface area contributed by atoms with Crippen molar-refractivity contribution in [1.29, 1.82) is 0 Å². The van der Waals surface area contributed by atoms with E-state index in [0.717, 1.165) is 13.0 Å². The Morgan fingerprint density at radius 3 is 2.76 bits per heavy atom. The molecule has 1 saturated heterocycles. The van der Waals surface area contributed by atoms with E-state index in [2.05, 4.69) is 17.0 Å². The van der Waals surface area contributed by atoms with Crippen molar-refractivity contribution in [2.45, 2.75) is 25.9 Å². The smallest absolute Gasteiger partial charge is 0.251 e. The molecule has 3 rings (SSSR count). The Morgan fingerprint density at radius 1 is 1.35 bits per heavy atom. The Balaban J connectivity index is 1.99. The van der Waals surface area contributed by atoms with E-state index in [4.69, 9.17) is 12.2 Å². The van der Waals surface area contributed by atoms with Crippen LogP contribution in [0.2, 0.25) is 0 Å². The maximum Gasteiger partial charge on any atom is 0.251 e. The molecule has 1 amide bonds. The minimum absolute atomic E-state index is 0.0719. The van der Waals surface area contributed by atoms with Crippen molar-refractivity contribution in [3.05, 3.63) is 35.4 Å². The van der Waals surface area contributed by atoms with Crippen LogP contribution in [-0.4, -0.2) is 33.4 Å². The lowest BCUT2D eigenvalue weighted by molar-refractivity contribution is -0.128. The van der Waals surface area contributed by atoms with Gasteiger partial charge in [-0.05, 0) is 30.3 Å². The molecule has 88 valence electrons. The lowest BCUT2D eigenvalue weighted by Gasteiger charge is -2.30. The summed E-state index contributed by atoms with van der Waals surface area (Å²) in [6, 6.07) is 8.23. The number of rotatable bonds is 1. The van der Waals surface area contributed by atoms with E-state index in [0.29, 0.717) is 11.7 Å². The SMILES string of the molecule is CCN1C(=O)[C@H]2Cc3ccccc3CN2C1=S. The van der Waals surface area contributed by atoms with Crippen LogP contribution in [0, 0.1) is 0 Å². The molecule has 2 aliphatic heterocycles. The van der Waals surface area contributed by atoms with E-state index >= 15 is 0 Å². The van der Waals surface area contributed by atoms with E-state index in [1.807, 2.05) is 19.1 Å². The van der Waals surface area contributed by atoms with Gasteiger partial charge in [-0.1, -0.05) is 24.3 Å². The lowest BCUT2D eigenvalue weighted by atomic mass is 9.95. The first-order valence-electron chi connectivity index (χ1n) is 5.91. The Morgan fingerprint density at radius 2 is 2.06 bits per heavy atom. The third-order valence-electron chi connectivity index (χ3n) is 3.59. The predicted octanol–water partition coefficient (Wildman–Crippen LogP) is 1.56. The average molecular weight is 246 g/mol. The van der Waals surface area contributed by atoms with Gasteiger partial charge >= 0.3 is 0 Å². The highest BCUT2D eigenvalue weighted by atomic mass is 32.1. The summed E-state index contributed by atoms with van der Waals surface area (Å²) in [5.74, 6) is 0.159. The molecule has 0 aromatic heterocycles. The van der Waals surface area contributed by atoms with Crippen LogP contribution in [0.1, 0.15) is 18.1 Å². The van der Waals surface area contributed by atoms with Crippen LogP contribution in [0.3, 0.4) is 0 Å². The van der Waals surface area contributed by atoms with Gasteiger partial charge < -0.3 is 4.90 Å². The fourth-order valence-corrected chi connectivity index (χ4v) is 3.08. The van der Waals surface area contributed by atoms with E-state index in [1.54, 1.807) is 4.90 Å². The number of fused-ring (bicyclic) bond motifs is 2. The van der Waals surface area contributed by atoms with Crippen molar-refractivity contribution in [3.63, 3.8) is 0 Å². The van der Waals surface area contributed by atoms with Crippen molar-refractivity contribution in [1.82, 2.24) is 9.80 Å². The zero-order chi connectivity index (χ0) is 12.0. The molecule has 0 aliphatic carbocycles. The standard InChI is InChI=1S/C13H14N2OS/c1-2-14-12(16)11-7-9-5-3-4-6-10(9)8-15(11)13(14)17/h3-6,11H,2,7-8H2,1H3/t11-/m1/s1. The number of nitrogens with zero attached hydrogens (tertiary/aromatic N) is 2. The van der Waals surface area contributed by atoms with E-state index < -0.39 is 0 Å². The molecule has 0 spiro atoms. The molecular formula is C13H14N2OS. The molecule has 4 heteroatoms. The monoisotopic (exact) mass is 246 g/mol. The zero-order valence-electron chi connectivity index (χ0n) is 9.72. The second-order valence-electron chi connectivity index (χ2n) is 4.48. The summed E-state index contributed by atoms with van der Waals surface area (Å²) in [4.78, 5) is 16.0. The molecule has 1 aromatic carbocycles. The third-order valence-corrected chi connectivity index (χ3v) is 4.05. The molecule has 3 nitrogen and oxygen atoms in total. The first-order chi connectivity index (χ1) is 8.22. The van der Waals surface area contributed by atoms with Gasteiger partial charge in [0.15, 0.2) is 5.11 Å². The maximum atomic E-state index is 12.2. The van der Waals surface area contributed by atoms with Crippen molar-refractivity contribution < 1.29 is 4.79 Å². The van der Waals surface area contributed by atoms with Gasteiger partial charge in [0.2, 0.25) is 0 Å². The molecule has 1 fully saturated rings. The van der Waals surface area contributed by atoms with Gasteiger partial charge in [-0.25, -0.2) is 0 Å². The van der Waals surface area contributed by atoms with Crippen LogP contribution in [0.5, 0.6) is 0 Å². The summed E-state index contributed by atoms with van der Waals surface area (Å²) < 4.78 is 0. The summed E-state index contributed by atoms with van der Waals surface area (Å²) >= 11 is 5.37. The minimum atomic E-state index is -0.0719. The fourth-order valence-electron chi connectivity index (χ4n) is 2.66. The predicted molar refractivity (Wildman–Crippen MR) is 69.5 cm³/mol. The van der Waals surface area contributed by atoms with E-state index in [-0.39, 0.29) is 11.9 Å². The van der Waals surface area contributed by atoms with Crippen LogP contribution < -0.4 is 0 Å². The Labute approximate surface area is 106 Å². The second-order valence-corrected chi connectivity index (χ2v) is 4.85. The lowest BCUT2D eigenvalue weighted by Crippen LogP contribution is -2.39. The van der Waals surface area contributed by atoms with Gasteiger partial charge in [0.1, 0.15) is 6.04 Å². The summed E-state index contributed by atoms with van der Waals surface area (Å²) in [5.41, 5.74) is 2.57. The average Bonchev–Trinajstić information content (AvgIpc) is 2.59. The third kappa shape index (κ3) is 1.47. The summed E-state index contributed by atoms with van der Waals surface area (Å²) in [6.45, 7) is 3.40. The Bertz CT molecular complexity index is 457. The van der Waals surface area contributed by atoms with Crippen LogP contribution in [0.4, 0.5) is 0 Å². The van der Waals surface area contributed by atoms with Gasteiger partial charge in [-0.15, -0.1) is 0 Å². The summed E-state index contributed by atoms with van der Waals surface area (Å²) in [5, 5.41) is 0.692. The zero-order valence-corrected chi connectivity index (χ0v) is 10.5. The van der Waals surface area contributed by atoms with Crippen LogP contribution in [0.25, 0.3) is 0 Å². The number of carbonyl (C=O) groups excluding carboxylic acids is 1. The first-order valence-corrected chi connectivity index (χ1v) is 6.32. The molecule has 0 saturated carbocycles. The van der Waals surface area contributed by atoms with Gasteiger partial charge in [-0.3, -0.25) is 9.69 Å². The molecule has 17 heavy (non-hydrogen) atoms. The molecule has 0 unspecified atom stereocenters. The van der Waals surface area contributed by atoms with E-state index in [9.17, 15) is 4.79 Å². The summed E-state index contributed by atoms with van der Waals surface area (Å²) in [7, 11) is 0. The van der Waals surface area contributed by atoms with Crippen molar-refractivity contribution in [3.8, 4) is 0 Å². The Hall–Kier alpha value is -1.42. The quantitative estimate of drug-likeness (QED) is 0.703. The van der Waals surface area contributed by atoms with Crippen molar-refractivity contribution >= 4 is 23.2 Å². The topological polar surface area (TPSA) is 23.6 Å².